The third kappa shape index (κ3) is 2.41. The van der Waals surface area contributed by atoms with E-state index in [1.807, 2.05) is 0 Å². The molecule has 0 N–H and O–H groups in total. The molecule has 33 heavy (non-hydrogen) atoms. The van der Waals surface area contributed by atoms with Gasteiger partial charge in [0, 0.05) is 5.41 Å². The summed E-state index contributed by atoms with van der Waals surface area (Å²) in [7, 11) is 0. The van der Waals surface area contributed by atoms with Crippen molar-refractivity contribution in [2.45, 2.75) is 33.1 Å². The highest BCUT2D eigenvalue weighted by molar-refractivity contribution is 6.26. The van der Waals surface area contributed by atoms with Gasteiger partial charge in [0.05, 0.1) is 0 Å². The highest BCUT2D eigenvalue weighted by atomic mass is 14.4. The summed E-state index contributed by atoms with van der Waals surface area (Å²) in [6.45, 7) is 9.17. The van der Waals surface area contributed by atoms with Crippen LogP contribution in [0.4, 0.5) is 0 Å². The SMILES string of the molecule is Cc1cc2ccc3c(C)cc(-c4ccc5c(c4)C(C)(C)c4ccccc4-5)c4ccc(c1)c2c34. The highest BCUT2D eigenvalue weighted by Gasteiger charge is 2.35. The molecule has 0 radical (unpaired) electrons. The number of aryl methyl sites for hydroxylation is 2. The molecule has 0 saturated heterocycles. The molecule has 7 rings (SSSR count). The van der Waals surface area contributed by atoms with Crippen molar-refractivity contribution in [3.8, 4) is 22.3 Å². The molecule has 0 aliphatic heterocycles. The molecule has 0 nitrogen and oxygen atoms in total. The van der Waals surface area contributed by atoms with E-state index in [-0.39, 0.29) is 5.41 Å². The Bertz CT molecular complexity index is 1730. The summed E-state index contributed by atoms with van der Waals surface area (Å²) >= 11 is 0. The fourth-order valence-electron chi connectivity index (χ4n) is 6.36. The van der Waals surface area contributed by atoms with Crippen molar-refractivity contribution >= 4 is 32.3 Å². The van der Waals surface area contributed by atoms with Crippen LogP contribution in [0, 0.1) is 13.8 Å². The quantitative estimate of drug-likeness (QED) is 0.232. The largest absolute Gasteiger partial charge is 0.0619 e. The van der Waals surface area contributed by atoms with Gasteiger partial charge in [-0.15, -0.1) is 0 Å². The van der Waals surface area contributed by atoms with E-state index >= 15 is 0 Å². The first-order chi connectivity index (χ1) is 15.9. The number of benzene rings is 6. The van der Waals surface area contributed by atoms with Crippen molar-refractivity contribution in [2.24, 2.45) is 0 Å². The van der Waals surface area contributed by atoms with Crippen LogP contribution in [-0.4, -0.2) is 0 Å². The molecule has 0 amide bonds. The summed E-state index contributed by atoms with van der Waals surface area (Å²) in [4.78, 5) is 0. The number of hydrogen-bond donors (Lipinski definition) is 0. The Labute approximate surface area is 194 Å². The molecular weight excluding hydrogens is 396 g/mol. The predicted octanol–water partition coefficient (Wildman–Crippen LogP) is 9.17. The van der Waals surface area contributed by atoms with Crippen LogP contribution in [0.2, 0.25) is 0 Å². The van der Waals surface area contributed by atoms with Gasteiger partial charge in [-0.3, -0.25) is 0 Å². The smallest absolute Gasteiger partial charge is 0.0159 e. The Kier molecular flexibility index (Phi) is 3.57. The number of fused-ring (bicyclic) bond motifs is 3. The van der Waals surface area contributed by atoms with Crippen LogP contribution in [0.5, 0.6) is 0 Å². The first-order valence-electron chi connectivity index (χ1n) is 11.9. The summed E-state index contributed by atoms with van der Waals surface area (Å²) < 4.78 is 0. The van der Waals surface area contributed by atoms with Crippen LogP contribution in [0.25, 0.3) is 54.6 Å². The van der Waals surface area contributed by atoms with Crippen molar-refractivity contribution in [1.29, 1.82) is 0 Å². The van der Waals surface area contributed by atoms with E-state index in [4.69, 9.17) is 0 Å². The van der Waals surface area contributed by atoms with Gasteiger partial charge in [-0.1, -0.05) is 92.7 Å². The highest BCUT2D eigenvalue weighted by Crippen LogP contribution is 2.50. The first-order valence-corrected chi connectivity index (χ1v) is 11.9. The molecule has 6 aromatic rings. The monoisotopic (exact) mass is 422 g/mol. The molecular formula is C33H26. The normalized spacial score (nSPS) is 14.3. The molecule has 0 spiro atoms. The summed E-state index contributed by atoms with van der Waals surface area (Å²) in [6.07, 6.45) is 0. The Hall–Kier alpha value is -3.64. The molecule has 0 atom stereocenters. The maximum Gasteiger partial charge on any atom is 0.0159 e. The van der Waals surface area contributed by atoms with Crippen molar-refractivity contribution in [2.75, 3.05) is 0 Å². The van der Waals surface area contributed by atoms with Gasteiger partial charge in [-0.2, -0.15) is 0 Å². The lowest BCUT2D eigenvalue weighted by molar-refractivity contribution is 0.660. The van der Waals surface area contributed by atoms with Gasteiger partial charge >= 0.3 is 0 Å². The molecule has 6 aromatic carbocycles. The fourth-order valence-corrected chi connectivity index (χ4v) is 6.36. The van der Waals surface area contributed by atoms with E-state index in [9.17, 15) is 0 Å². The van der Waals surface area contributed by atoms with Crippen LogP contribution in [-0.2, 0) is 5.41 Å². The third-order valence-electron chi connectivity index (χ3n) is 7.96. The maximum atomic E-state index is 2.45. The van der Waals surface area contributed by atoms with Crippen molar-refractivity contribution < 1.29 is 0 Å². The zero-order chi connectivity index (χ0) is 22.5. The molecule has 0 fully saturated rings. The van der Waals surface area contributed by atoms with Crippen LogP contribution in [0.3, 0.4) is 0 Å². The minimum Gasteiger partial charge on any atom is -0.0619 e. The molecule has 0 saturated carbocycles. The fraction of sp³-hybridized carbons (Fsp3) is 0.152. The predicted molar refractivity (Wildman–Crippen MR) is 143 cm³/mol. The summed E-state index contributed by atoms with van der Waals surface area (Å²) in [5.74, 6) is 0. The molecule has 0 bridgehead atoms. The van der Waals surface area contributed by atoms with Crippen molar-refractivity contribution in [3.05, 3.63) is 107 Å². The summed E-state index contributed by atoms with van der Waals surface area (Å²) in [5, 5.41) is 8.20. The lowest BCUT2D eigenvalue weighted by Gasteiger charge is -2.22. The van der Waals surface area contributed by atoms with Crippen LogP contribution in [0.1, 0.15) is 36.1 Å². The number of rotatable bonds is 1. The molecule has 1 aliphatic rings. The van der Waals surface area contributed by atoms with Gasteiger partial charge in [-0.05, 0) is 96.7 Å². The maximum absolute atomic E-state index is 2.45. The standard InChI is InChI=1S/C33H26/c1-19-15-22-10-12-24-20(2)17-28(27-14-11-23(16-19)31(22)32(24)27)21-9-13-26-25-7-5-6-8-29(25)33(3,4)30(26)18-21/h5-18H,1-4H3. The van der Waals surface area contributed by atoms with E-state index in [0.717, 1.165) is 0 Å². The second-order valence-corrected chi connectivity index (χ2v) is 10.4. The van der Waals surface area contributed by atoms with Gasteiger partial charge in [0.25, 0.3) is 0 Å². The zero-order valence-corrected chi connectivity index (χ0v) is 19.6. The van der Waals surface area contributed by atoms with E-state index in [0.29, 0.717) is 0 Å². The summed E-state index contributed by atoms with van der Waals surface area (Å²) in [6, 6.07) is 32.3. The van der Waals surface area contributed by atoms with Gasteiger partial charge < -0.3 is 0 Å². The van der Waals surface area contributed by atoms with Gasteiger partial charge in [0.2, 0.25) is 0 Å². The Morgan fingerprint density at radius 1 is 0.545 bits per heavy atom. The van der Waals surface area contributed by atoms with Crippen molar-refractivity contribution in [1.82, 2.24) is 0 Å². The molecule has 0 heterocycles. The summed E-state index contributed by atoms with van der Waals surface area (Å²) in [5.41, 5.74) is 10.9. The molecule has 0 unspecified atom stereocenters. The first kappa shape index (κ1) is 18.9. The average Bonchev–Trinajstić information content (AvgIpc) is 3.04. The second kappa shape index (κ2) is 6.23. The Morgan fingerprint density at radius 3 is 2.03 bits per heavy atom. The Morgan fingerprint density at radius 2 is 1.24 bits per heavy atom. The molecule has 1 aliphatic carbocycles. The van der Waals surface area contributed by atoms with Crippen LogP contribution >= 0.6 is 0 Å². The Balaban J connectivity index is 1.55. The van der Waals surface area contributed by atoms with Crippen LogP contribution in [0.15, 0.2) is 84.9 Å². The second-order valence-electron chi connectivity index (χ2n) is 10.4. The number of hydrogen-bond acceptors (Lipinski definition) is 0. The minimum atomic E-state index is 0.0122. The van der Waals surface area contributed by atoms with E-state index in [1.54, 1.807) is 0 Å². The molecule has 158 valence electrons. The van der Waals surface area contributed by atoms with E-state index in [1.165, 1.54) is 76.8 Å². The van der Waals surface area contributed by atoms with Crippen molar-refractivity contribution in [3.63, 3.8) is 0 Å². The minimum absolute atomic E-state index is 0.0122. The zero-order valence-electron chi connectivity index (χ0n) is 19.6. The third-order valence-corrected chi connectivity index (χ3v) is 7.96. The van der Waals surface area contributed by atoms with Gasteiger partial charge in [0.1, 0.15) is 0 Å². The molecule has 0 heteroatoms. The van der Waals surface area contributed by atoms with E-state index < -0.39 is 0 Å². The molecule has 0 aromatic heterocycles. The van der Waals surface area contributed by atoms with E-state index in [2.05, 4.69) is 113 Å². The lowest BCUT2D eigenvalue weighted by Crippen LogP contribution is -2.14. The topological polar surface area (TPSA) is 0 Å². The average molecular weight is 423 g/mol. The van der Waals surface area contributed by atoms with Gasteiger partial charge in [0.15, 0.2) is 0 Å². The van der Waals surface area contributed by atoms with Crippen LogP contribution < -0.4 is 0 Å². The van der Waals surface area contributed by atoms with Gasteiger partial charge in [-0.25, -0.2) is 0 Å². The lowest BCUT2D eigenvalue weighted by atomic mass is 9.81.